The number of aromatic nitrogens is 3. The van der Waals surface area contributed by atoms with Crippen LogP contribution in [0.1, 0.15) is 11.4 Å². The van der Waals surface area contributed by atoms with Crippen LogP contribution >= 0.6 is 0 Å². The summed E-state index contributed by atoms with van der Waals surface area (Å²) in [6, 6.07) is 1.77. The van der Waals surface area contributed by atoms with Crippen molar-refractivity contribution in [3.63, 3.8) is 0 Å². The monoisotopic (exact) mass is 179 g/mol. The van der Waals surface area contributed by atoms with E-state index in [0.29, 0.717) is 22.6 Å². The minimum Gasteiger partial charge on any atom is -0.390 e. The zero-order chi connectivity index (χ0) is 9.26. The van der Waals surface area contributed by atoms with Crippen molar-refractivity contribution in [2.24, 2.45) is 0 Å². The number of fused-ring (bicyclic) bond motifs is 1. The standard InChI is InChI=1S/C8H9N3O2/c12-3-6-7(4-13)11-8-5(10-6)1-2-9-8/h1-2,12-13H,3-4H2,(H,9,11). The molecule has 0 aliphatic carbocycles. The summed E-state index contributed by atoms with van der Waals surface area (Å²) in [4.78, 5) is 11.1. The molecule has 0 atom stereocenters. The maximum atomic E-state index is 8.92. The minimum absolute atomic E-state index is 0.204. The van der Waals surface area contributed by atoms with Gasteiger partial charge in [-0.25, -0.2) is 9.97 Å². The molecular formula is C8H9N3O2. The van der Waals surface area contributed by atoms with Crippen LogP contribution in [0.25, 0.3) is 11.2 Å². The lowest BCUT2D eigenvalue weighted by Crippen LogP contribution is -2.01. The fourth-order valence-electron chi connectivity index (χ4n) is 1.19. The van der Waals surface area contributed by atoms with Crippen molar-refractivity contribution >= 4 is 11.2 Å². The second-order valence-electron chi connectivity index (χ2n) is 2.64. The first-order valence-electron chi connectivity index (χ1n) is 3.89. The number of aliphatic hydroxyl groups excluding tert-OH is 2. The molecule has 68 valence electrons. The number of nitrogens with zero attached hydrogens (tertiary/aromatic N) is 2. The van der Waals surface area contributed by atoms with Gasteiger partial charge in [0.05, 0.1) is 24.6 Å². The van der Waals surface area contributed by atoms with Crippen molar-refractivity contribution in [1.82, 2.24) is 15.0 Å². The number of hydrogen-bond acceptors (Lipinski definition) is 4. The van der Waals surface area contributed by atoms with Gasteiger partial charge >= 0.3 is 0 Å². The van der Waals surface area contributed by atoms with E-state index in [9.17, 15) is 0 Å². The van der Waals surface area contributed by atoms with Crippen LogP contribution in [0.4, 0.5) is 0 Å². The number of rotatable bonds is 2. The molecule has 0 aliphatic rings. The Morgan fingerprint density at radius 3 is 2.54 bits per heavy atom. The van der Waals surface area contributed by atoms with E-state index in [1.54, 1.807) is 12.3 Å². The van der Waals surface area contributed by atoms with E-state index in [1.165, 1.54) is 0 Å². The van der Waals surface area contributed by atoms with Crippen LogP contribution in [0.3, 0.4) is 0 Å². The fraction of sp³-hybridized carbons (Fsp3) is 0.250. The van der Waals surface area contributed by atoms with E-state index >= 15 is 0 Å². The lowest BCUT2D eigenvalue weighted by molar-refractivity contribution is 0.252. The number of H-pyrrole nitrogens is 1. The SMILES string of the molecule is OCc1nc2cc[nH]c2nc1CO. The Morgan fingerprint density at radius 1 is 1.15 bits per heavy atom. The summed E-state index contributed by atoms with van der Waals surface area (Å²) in [6.45, 7) is -0.415. The minimum atomic E-state index is -0.210. The summed E-state index contributed by atoms with van der Waals surface area (Å²) in [6.07, 6.45) is 1.72. The average molecular weight is 179 g/mol. The quantitative estimate of drug-likeness (QED) is 0.603. The molecule has 0 spiro atoms. The Labute approximate surface area is 74.1 Å². The van der Waals surface area contributed by atoms with E-state index in [1.807, 2.05) is 0 Å². The van der Waals surface area contributed by atoms with E-state index < -0.39 is 0 Å². The molecule has 0 aliphatic heterocycles. The number of aliphatic hydroxyl groups is 2. The van der Waals surface area contributed by atoms with E-state index in [4.69, 9.17) is 10.2 Å². The summed E-state index contributed by atoms with van der Waals surface area (Å²) in [5, 5.41) is 17.8. The molecule has 2 aromatic heterocycles. The molecule has 0 bridgehead atoms. The predicted molar refractivity (Wildman–Crippen MR) is 45.7 cm³/mol. The third kappa shape index (κ3) is 1.28. The Balaban J connectivity index is 2.67. The first kappa shape index (κ1) is 8.15. The Bertz CT molecular complexity index is 386. The molecule has 2 rings (SSSR count). The highest BCUT2D eigenvalue weighted by atomic mass is 16.3. The lowest BCUT2D eigenvalue weighted by atomic mass is 10.3. The molecular weight excluding hydrogens is 170 g/mol. The second-order valence-corrected chi connectivity index (χ2v) is 2.64. The van der Waals surface area contributed by atoms with Gasteiger partial charge in [0, 0.05) is 6.20 Å². The molecule has 0 amide bonds. The van der Waals surface area contributed by atoms with Gasteiger partial charge in [-0.3, -0.25) is 0 Å². The highest BCUT2D eigenvalue weighted by Crippen LogP contribution is 2.11. The van der Waals surface area contributed by atoms with Gasteiger partial charge < -0.3 is 15.2 Å². The van der Waals surface area contributed by atoms with Crippen molar-refractivity contribution < 1.29 is 10.2 Å². The summed E-state index contributed by atoms with van der Waals surface area (Å²) >= 11 is 0. The first-order chi connectivity index (χ1) is 6.35. The third-order valence-electron chi connectivity index (χ3n) is 1.84. The fourth-order valence-corrected chi connectivity index (χ4v) is 1.19. The number of hydrogen-bond donors (Lipinski definition) is 3. The molecule has 5 heteroatoms. The molecule has 0 aromatic carbocycles. The summed E-state index contributed by atoms with van der Waals surface area (Å²) in [5.41, 5.74) is 2.16. The van der Waals surface area contributed by atoms with Crippen molar-refractivity contribution in [2.45, 2.75) is 13.2 Å². The molecule has 0 radical (unpaired) electrons. The maximum absolute atomic E-state index is 8.92. The number of aromatic amines is 1. The van der Waals surface area contributed by atoms with Crippen LogP contribution in [0.2, 0.25) is 0 Å². The van der Waals surface area contributed by atoms with E-state index in [2.05, 4.69) is 15.0 Å². The Kier molecular flexibility index (Phi) is 1.96. The number of nitrogens with one attached hydrogen (secondary N) is 1. The Hall–Kier alpha value is -1.46. The third-order valence-corrected chi connectivity index (χ3v) is 1.84. The van der Waals surface area contributed by atoms with Gasteiger partial charge in [-0.2, -0.15) is 0 Å². The van der Waals surface area contributed by atoms with Gasteiger partial charge in [0.25, 0.3) is 0 Å². The highest BCUT2D eigenvalue weighted by molar-refractivity contribution is 5.70. The van der Waals surface area contributed by atoms with Crippen molar-refractivity contribution in [1.29, 1.82) is 0 Å². The van der Waals surface area contributed by atoms with Crippen molar-refractivity contribution in [3.05, 3.63) is 23.7 Å². The van der Waals surface area contributed by atoms with Crippen LogP contribution in [0.15, 0.2) is 12.3 Å². The highest BCUT2D eigenvalue weighted by Gasteiger charge is 2.06. The van der Waals surface area contributed by atoms with Crippen LogP contribution < -0.4 is 0 Å². The molecule has 5 nitrogen and oxygen atoms in total. The first-order valence-corrected chi connectivity index (χ1v) is 3.89. The summed E-state index contributed by atoms with van der Waals surface area (Å²) in [5.74, 6) is 0. The van der Waals surface area contributed by atoms with Crippen molar-refractivity contribution in [3.8, 4) is 0 Å². The largest absolute Gasteiger partial charge is 0.390 e. The maximum Gasteiger partial charge on any atom is 0.156 e. The zero-order valence-corrected chi connectivity index (χ0v) is 6.86. The zero-order valence-electron chi connectivity index (χ0n) is 6.86. The van der Waals surface area contributed by atoms with Gasteiger partial charge in [0.15, 0.2) is 5.65 Å². The molecule has 0 fully saturated rings. The second kappa shape index (κ2) is 3.12. The van der Waals surface area contributed by atoms with Gasteiger partial charge in [-0.05, 0) is 6.07 Å². The summed E-state index contributed by atoms with van der Waals surface area (Å²) < 4.78 is 0. The van der Waals surface area contributed by atoms with Gasteiger partial charge in [-0.15, -0.1) is 0 Å². The van der Waals surface area contributed by atoms with Gasteiger partial charge in [-0.1, -0.05) is 0 Å². The van der Waals surface area contributed by atoms with E-state index in [-0.39, 0.29) is 13.2 Å². The molecule has 13 heavy (non-hydrogen) atoms. The van der Waals surface area contributed by atoms with Gasteiger partial charge in [0.1, 0.15) is 5.52 Å². The molecule has 0 saturated carbocycles. The molecule has 2 heterocycles. The van der Waals surface area contributed by atoms with Crippen LogP contribution in [-0.4, -0.2) is 25.2 Å². The predicted octanol–water partition coefficient (Wildman–Crippen LogP) is -0.0575. The average Bonchev–Trinajstić information content (AvgIpc) is 2.62. The molecule has 2 aromatic rings. The molecule has 0 unspecified atom stereocenters. The summed E-state index contributed by atoms with van der Waals surface area (Å²) in [7, 11) is 0. The van der Waals surface area contributed by atoms with E-state index in [0.717, 1.165) is 0 Å². The molecule has 3 N–H and O–H groups in total. The topological polar surface area (TPSA) is 82.0 Å². The van der Waals surface area contributed by atoms with Crippen LogP contribution in [0, 0.1) is 0 Å². The molecule has 0 saturated heterocycles. The van der Waals surface area contributed by atoms with Gasteiger partial charge in [0.2, 0.25) is 0 Å². The van der Waals surface area contributed by atoms with Crippen molar-refractivity contribution in [2.75, 3.05) is 0 Å². The normalized spacial score (nSPS) is 10.9. The van der Waals surface area contributed by atoms with Crippen LogP contribution in [0.5, 0.6) is 0 Å². The Morgan fingerprint density at radius 2 is 1.85 bits per heavy atom. The smallest absolute Gasteiger partial charge is 0.156 e. The lowest BCUT2D eigenvalue weighted by Gasteiger charge is -2.01. The van der Waals surface area contributed by atoms with Crippen LogP contribution in [-0.2, 0) is 13.2 Å².